The maximum atomic E-state index is 12.6. The lowest BCUT2D eigenvalue weighted by atomic mass is 9.88. The third-order valence-corrected chi connectivity index (χ3v) is 11.4. The summed E-state index contributed by atoms with van der Waals surface area (Å²) < 4.78 is 20.7. The number of halogens is 1. The molecule has 370 valence electrons. The number of carboxylic acid groups (broad SMARTS) is 1. The van der Waals surface area contributed by atoms with Gasteiger partial charge in [-0.15, -0.1) is 0 Å². The molecule has 0 bridgehead atoms. The third-order valence-electron chi connectivity index (χ3n) is 11.4. The van der Waals surface area contributed by atoms with E-state index in [9.17, 15) is 39.2 Å². The Morgan fingerprint density at radius 2 is 1.22 bits per heavy atom. The Balaban J connectivity index is 0.000000278. The highest BCUT2D eigenvalue weighted by molar-refractivity contribution is 5.92. The third kappa shape index (κ3) is 19.3. The van der Waals surface area contributed by atoms with Gasteiger partial charge in [-0.3, -0.25) is 9.18 Å². The molecule has 2 aliphatic rings. The number of aliphatic hydroxyl groups is 2. The molecule has 0 atom stereocenters. The van der Waals surface area contributed by atoms with Crippen molar-refractivity contribution in [1.29, 1.82) is 0 Å². The summed E-state index contributed by atoms with van der Waals surface area (Å²) >= 11 is 0. The number of aryl methyl sites for hydroxylation is 1. The van der Waals surface area contributed by atoms with Gasteiger partial charge in [-0.05, 0) is 163 Å². The molecule has 2 heterocycles. The number of phenols is 2. The van der Waals surface area contributed by atoms with E-state index < -0.39 is 29.9 Å². The molecule has 2 saturated heterocycles. The molecule has 7 N–H and O–H groups in total. The van der Waals surface area contributed by atoms with Gasteiger partial charge in [-0.1, -0.05) is 79.7 Å². The Hall–Kier alpha value is -6.02. The molecule has 6 rings (SSSR count). The van der Waals surface area contributed by atoms with Crippen LogP contribution in [0.1, 0.15) is 139 Å². The summed E-state index contributed by atoms with van der Waals surface area (Å²) in [5.41, 5.74) is 4.72. The van der Waals surface area contributed by atoms with Crippen LogP contribution in [0, 0.1) is 0 Å². The van der Waals surface area contributed by atoms with E-state index in [0.29, 0.717) is 35.1 Å². The van der Waals surface area contributed by atoms with Crippen molar-refractivity contribution in [3.05, 3.63) is 142 Å². The molecular formula is C55H74FN3O9. The molecule has 68 heavy (non-hydrogen) atoms. The van der Waals surface area contributed by atoms with Crippen LogP contribution in [0.15, 0.2) is 97.1 Å². The first-order valence-electron chi connectivity index (χ1n) is 23.8. The summed E-state index contributed by atoms with van der Waals surface area (Å²) in [5, 5.41) is 54.2. The number of carbonyl (C=O) groups excluding carboxylic acids is 2. The van der Waals surface area contributed by atoms with Crippen LogP contribution in [0.5, 0.6) is 11.5 Å². The fourth-order valence-electron chi connectivity index (χ4n) is 7.88. The van der Waals surface area contributed by atoms with Gasteiger partial charge in [-0.2, -0.15) is 0 Å². The van der Waals surface area contributed by atoms with Gasteiger partial charge in [0.1, 0.15) is 17.1 Å². The number of amides is 2. The number of likely N-dealkylation sites (tertiary alicyclic amines) is 1. The van der Waals surface area contributed by atoms with Crippen LogP contribution in [0.25, 0.3) is 12.2 Å². The Bertz CT molecular complexity index is 2320. The average Bonchev–Trinajstić information content (AvgIpc) is 3.29. The number of aromatic hydroxyl groups is 2. The van der Waals surface area contributed by atoms with Gasteiger partial charge < -0.3 is 45.8 Å². The van der Waals surface area contributed by atoms with Crippen LogP contribution < -0.4 is 10.6 Å². The van der Waals surface area contributed by atoms with Gasteiger partial charge in [0, 0.05) is 42.9 Å². The Labute approximate surface area is 404 Å². The minimum atomic E-state index is -1.13. The molecule has 13 heteroatoms. The van der Waals surface area contributed by atoms with E-state index in [0.717, 1.165) is 62.6 Å². The van der Waals surface area contributed by atoms with Crippen molar-refractivity contribution < 1.29 is 50.4 Å². The van der Waals surface area contributed by atoms with E-state index in [-0.39, 0.29) is 23.5 Å². The second kappa shape index (κ2) is 26.5. The molecule has 12 nitrogen and oxygen atoms in total. The topological polar surface area (TPSA) is 189 Å². The number of nitrogens with zero attached hydrogens (tertiary/aromatic N) is 1. The second-order valence-corrected chi connectivity index (χ2v) is 19.0. The number of ether oxygens (including phenoxy) is 1. The number of carboxylic acids is 1. The fourth-order valence-corrected chi connectivity index (χ4v) is 7.88. The van der Waals surface area contributed by atoms with Crippen LogP contribution in [0.4, 0.5) is 9.18 Å². The number of carbonyl (C=O) groups is 3. The quantitative estimate of drug-likeness (QED) is 0.0713. The lowest BCUT2D eigenvalue weighted by Gasteiger charge is -2.31. The zero-order valence-corrected chi connectivity index (χ0v) is 41.0. The fraction of sp³-hybridized carbons (Fsp3) is 0.436. The van der Waals surface area contributed by atoms with Crippen molar-refractivity contribution in [1.82, 2.24) is 15.5 Å². The predicted molar refractivity (Wildman–Crippen MR) is 268 cm³/mol. The van der Waals surface area contributed by atoms with Crippen molar-refractivity contribution >= 4 is 30.1 Å². The standard InChI is InChI=1S/C25H31NO3.C17H26N2O2.C12H14O4.CH3F/c1-4-18-6-5-7-21(16-18)20-12-14-26(15-13-20)24(28)11-9-19-8-10-22(23(27)17-19)25(2,3)29;1-17(2,3)21-16(20)19-12-13-5-4-6-15(11-13)14-7-9-18-10-8-14;1-12(2,16)9-5-3-8(7-10(9)13)4-6-11(14)15;1-2/h5-11,16-17,20,27,29H,4,12-15H2,1-3H3;4-6,11,14,18H,7-10,12H2,1-3H3,(H,19,20);3-7,13,16H,1-2H3,(H,14,15);1H3/b11-9+;;6-4+;/i;;;1D. The van der Waals surface area contributed by atoms with E-state index in [2.05, 4.69) is 60.0 Å². The molecule has 2 fully saturated rings. The maximum absolute atomic E-state index is 12.6. The number of phenolic OH excluding ortho intramolecular Hbond substituents is 2. The van der Waals surface area contributed by atoms with Crippen molar-refractivity contribution in [3.63, 3.8) is 0 Å². The number of rotatable bonds is 11. The monoisotopic (exact) mass is 941 g/mol. The van der Waals surface area contributed by atoms with Crippen LogP contribution in [-0.4, -0.2) is 87.3 Å². The predicted octanol–water partition coefficient (Wildman–Crippen LogP) is 10.1. The zero-order valence-electron chi connectivity index (χ0n) is 42.0. The summed E-state index contributed by atoms with van der Waals surface area (Å²) in [7, 11) is -1.00. The molecule has 4 aromatic rings. The molecule has 0 aromatic heterocycles. The van der Waals surface area contributed by atoms with Gasteiger partial charge in [0.05, 0.1) is 19.7 Å². The van der Waals surface area contributed by atoms with Gasteiger partial charge >= 0.3 is 12.1 Å². The number of benzene rings is 4. The first-order chi connectivity index (χ1) is 32.4. The molecule has 0 aliphatic carbocycles. The van der Waals surface area contributed by atoms with Crippen LogP contribution in [0.2, 0.25) is 0 Å². The highest BCUT2D eigenvalue weighted by atomic mass is 19.1. The number of alkyl halides is 1. The van der Waals surface area contributed by atoms with Crippen molar-refractivity contribution in [3.8, 4) is 11.5 Å². The highest BCUT2D eigenvalue weighted by Crippen LogP contribution is 2.32. The van der Waals surface area contributed by atoms with E-state index >= 15 is 0 Å². The molecule has 2 aliphatic heterocycles. The van der Waals surface area contributed by atoms with E-state index in [1.165, 1.54) is 41.7 Å². The first-order valence-corrected chi connectivity index (χ1v) is 23.1. The maximum Gasteiger partial charge on any atom is 0.407 e. The zero-order chi connectivity index (χ0) is 51.4. The smallest absolute Gasteiger partial charge is 0.407 e. The van der Waals surface area contributed by atoms with Crippen LogP contribution in [-0.2, 0) is 38.5 Å². The average molecular weight is 941 g/mol. The van der Waals surface area contributed by atoms with E-state index in [1.54, 1.807) is 70.2 Å². The number of aliphatic carboxylic acids is 1. The van der Waals surface area contributed by atoms with Crippen molar-refractivity contribution in [2.45, 2.75) is 123 Å². The number of alkyl carbamates (subject to hydrolysis) is 1. The highest BCUT2D eigenvalue weighted by Gasteiger charge is 2.24. The largest absolute Gasteiger partial charge is 0.508 e. The van der Waals surface area contributed by atoms with Crippen LogP contribution >= 0.6 is 0 Å². The van der Waals surface area contributed by atoms with E-state index in [4.69, 9.17) is 11.2 Å². The second-order valence-electron chi connectivity index (χ2n) is 19.0. The molecular weight excluding hydrogens is 866 g/mol. The summed E-state index contributed by atoms with van der Waals surface area (Å²) in [6.07, 6.45) is 10.6. The lowest BCUT2D eigenvalue weighted by Crippen LogP contribution is -2.36. The van der Waals surface area contributed by atoms with Gasteiger partial charge in [0.15, 0.2) is 0 Å². The number of piperidine rings is 2. The molecule has 2 amide bonds. The first kappa shape index (κ1) is 54.6. The van der Waals surface area contributed by atoms with Crippen LogP contribution in [0.3, 0.4) is 0 Å². The minimum absolute atomic E-state index is 0.00295. The number of hydrogen-bond donors (Lipinski definition) is 7. The Morgan fingerprint density at radius 1 is 0.750 bits per heavy atom. The van der Waals surface area contributed by atoms with Gasteiger partial charge in [-0.25, -0.2) is 9.59 Å². The number of nitrogens with one attached hydrogen (secondary N) is 2. The minimum Gasteiger partial charge on any atom is -0.508 e. The Kier molecular flexibility index (Phi) is 21.3. The van der Waals surface area contributed by atoms with Gasteiger partial charge in [0.2, 0.25) is 5.91 Å². The van der Waals surface area contributed by atoms with Crippen molar-refractivity contribution in [2.24, 2.45) is 0 Å². The molecule has 4 aromatic carbocycles. The molecule has 0 saturated carbocycles. The molecule has 0 unspecified atom stereocenters. The van der Waals surface area contributed by atoms with Crippen molar-refractivity contribution in [2.75, 3.05) is 33.3 Å². The summed E-state index contributed by atoms with van der Waals surface area (Å²) in [5.74, 6) is 0.0683. The normalized spacial score (nSPS) is 14.9. The van der Waals surface area contributed by atoms with E-state index in [1.807, 2.05) is 31.7 Å². The molecule has 0 spiro atoms. The summed E-state index contributed by atoms with van der Waals surface area (Å²) in [6.45, 7) is 18.4. The van der Waals surface area contributed by atoms with Gasteiger partial charge in [0.25, 0.3) is 0 Å². The molecule has 0 radical (unpaired) electrons. The summed E-state index contributed by atoms with van der Waals surface area (Å²) in [6, 6.07) is 27.0. The SMILES string of the molecule is CC(C)(C)OC(=O)NCc1cccc(C2CCNCC2)c1.CC(C)(O)c1ccc(/C=C/C(=O)O)cc1O.CCc1cccc(C2CCN(C(=O)/C=C/c3ccc(C(C)(C)O)c(O)c3)CC2)c1.[2H]CF. The Morgan fingerprint density at radius 3 is 1.68 bits per heavy atom. The lowest BCUT2D eigenvalue weighted by molar-refractivity contribution is -0.131. The number of hydrogen-bond acceptors (Lipinski definition) is 9. The summed E-state index contributed by atoms with van der Waals surface area (Å²) in [4.78, 5) is 36.4.